The van der Waals surface area contributed by atoms with Crippen LogP contribution in [0.3, 0.4) is 0 Å². The van der Waals surface area contributed by atoms with Gasteiger partial charge in [-0.05, 0) is 41.3 Å². The van der Waals surface area contributed by atoms with Crippen LogP contribution in [0.25, 0.3) is 28.3 Å². The highest BCUT2D eigenvalue weighted by molar-refractivity contribution is 5.95. The molecule has 0 aromatic heterocycles. The summed E-state index contributed by atoms with van der Waals surface area (Å²) in [5, 5.41) is 3.40. The molecule has 0 saturated carbocycles. The molecule has 25 heavy (non-hydrogen) atoms. The molecule has 0 heterocycles. The normalized spacial score (nSPS) is 10.8. The topological polar surface area (TPSA) is 21.3 Å². The summed E-state index contributed by atoms with van der Waals surface area (Å²) in [6, 6.07) is 23.1. The van der Waals surface area contributed by atoms with E-state index in [1.165, 1.54) is 22.3 Å². The number of methoxy groups -OCH3 is 1. The third kappa shape index (κ3) is 3.43. The van der Waals surface area contributed by atoms with Crippen LogP contribution in [-0.2, 0) is 0 Å². The van der Waals surface area contributed by atoms with E-state index in [1.807, 2.05) is 32.2 Å². The van der Waals surface area contributed by atoms with Crippen LogP contribution in [0.15, 0.2) is 72.8 Å². The lowest BCUT2D eigenvalue weighted by atomic mass is 9.90. The van der Waals surface area contributed by atoms with Crippen LogP contribution in [0.2, 0.25) is 0 Å². The molecule has 3 rings (SSSR count). The second kappa shape index (κ2) is 7.71. The molecule has 0 aliphatic carbocycles. The van der Waals surface area contributed by atoms with Gasteiger partial charge in [0.05, 0.1) is 7.11 Å². The van der Waals surface area contributed by atoms with Crippen molar-refractivity contribution in [2.75, 3.05) is 19.5 Å². The van der Waals surface area contributed by atoms with Gasteiger partial charge in [-0.15, -0.1) is 0 Å². The molecule has 0 fully saturated rings. The second-order valence-electron chi connectivity index (χ2n) is 5.80. The summed E-state index contributed by atoms with van der Waals surface area (Å²) < 4.78 is 5.31. The van der Waals surface area contributed by atoms with Crippen molar-refractivity contribution in [2.24, 2.45) is 0 Å². The van der Waals surface area contributed by atoms with Crippen LogP contribution < -0.4 is 10.1 Å². The fourth-order valence-corrected chi connectivity index (χ4v) is 3.12. The molecule has 2 heteroatoms. The summed E-state index contributed by atoms with van der Waals surface area (Å²) in [5.74, 6) is 0.862. The molecule has 0 atom stereocenters. The first-order chi connectivity index (χ1) is 12.3. The van der Waals surface area contributed by atoms with Gasteiger partial charge in [0.2, 0.25) is 0 Å². The molecule has 1 N–H and O–H groups in total. The zero-order valence-electron chi connectivity index (χ0n) is 14.9. The predicted octanol–water partition coefficient (Wildman–Crippen LogP) is 6.10. The number of anilines is 1. The molecular formula is C23H23NO. The Balaban J connectivity index is 2.28. The Morgan fingerprint density at radius 2 is 1.56 bits per heavy atom. The first kappa shape index (κ1) is 16.8. The van der Waals surface area contributed by atoms with E-state index in [-0.39, 0.29) is 0 Å². The second-order valence-corrected chi connectivity index (χ2v) is 5.80. The van der Waals surface area contributed by atoms with Gasteiger partial charge >= 0.3 is 0 Å². The van der Waals surface area contributed by atoms with E-state index in [0.29, 0.717) is 0 Å². The quantitative estimate of drug-likeness (QED) is 0.610. The highest BCUT2D eigenvalue weighted by Gasteiger charge is 2.14. The number of hydrogen-bond acceptors (Lipinski definition) is 2. The summed E-state index contributed by atoms with van der Waals surface area (Å²) in [4.78, 5) is 0. The van der Waals surface area contributed by atoms with Crippen molar-refractivity contribution in [3.05, 3.63) is 78.4 Å². The average Bonchev–Trinajstić information content (AvgIpc) is 2.68. The molecule has 0 amide bonds. The summed E-state index contributed by atoms with van der Waals surface area (Å²) in [5.41, 5.74) is 7.09. The van der Waals surface area contributed by atoms with Crippen LogP contribution in [0.4, 0.5) is 5.69 Å². The maximum atomic E-state index is 5.31. The fraction of sp³-hybridized carbons (Fsp3) is 0.130. The molecule has 0 spiro atoms. The Labute approximate surface area is 149 Å². The van der Waals surface area contributed by atoms with Gasteiger partial charge in [0.1, 0.15) is 5.75 Å². The van der Waals surface area contributed by atoms with Crippen molar-refractivity contribution < 1.29 is 4.74 Å². The van der Waals surface area contributed by atoms with Crippen molar-refractivity contribution >= 4 is 11.8 Å². The molecule has 3 aromatic rings. The molecule has 0 radical (unpaired) electrons. The lowest BCUT2D eigenvalue weighted by Crippen LogP contribution is -1.98. The molecular weight excluding hydrogens is 306 g/mol. The van der Waals surface area contributed by atoms with Crippen molar-refractivity contribution in [2.45, 2.75) is 6.92 Å². The SMILES string of the molecule is C/C=C/c1ccc(-c2ccccc2)c(-c2ccc(OC)cc2)c1NC. The van der Waals surface area contributed by atoms with Crippen molar-refractivity contribution in [1.29, 1.82) is 0 Å². The fourth-order valence-electron chi connectivity index (χ4n) is 3.12. The third-order valence-corrected chi connectivity index (χ3v) is 4.30. The van der Waals surface area contributed by atoms with E-state index < -0.39 is 0 Å². The van der Waals surface area contributed by atoms with E-state index in [9.17, 15) is 0 Å². The molecule has 0 unspecified atom stereocenters. The van der Waals surface area contributed by atoms with Crippen LogP contribution in [-0.4, -0.2) is 14.2 Å². The molecule has 0 aliphatic heterocycles. The number of allylic oxidation sites excluding steroid dienone is 1. The maximum Gasteiger partial charge on any atom is 0.118 e. The van der Waals surface area contributed by atoms with Crippen molar-refractivity contribution in [3.8, 4) is 28.0 Å². The standard InChI is InChI=1S/C23H23NO/c1-4-8-19-13-16-21(17-9-6-5-7-10-17)22(23(19)24-2)18-11-14-20(25-3)15-12-18/h4-16,24H,1-3H3/b8-4+. The van der Waals surface area contributed by atoms with E-state index in [1.54, 1.807) is 7.11 Å². The van der Waals surface area contributed by atoms with E-state index in [2.05, 4.69) is 66.0 Å². The molecule has 0 saturated heterocycles. The summed E-state index contributed by atoms with van der Waals surface area (Å²) >= 11 is 0. The largest absolute Gasteiger partial charge is 0.497 e. The third-order valence-electron chi connectivity index (χ3n) is 4.30. The van der Waals surface area contributed by atoms with Gasteiger partial charge in [0.25, 0.3) is 0 Å². The van der Waals surface area contributed by atoms with Gasteiger partial charge < -0.3 is 10.1 Å². The molecule has 0 bridgehead atoms. The highest BCUT2D eigenvalue weighted by Crippen LogP contribution is 2.40. The van der Waals surface area contributed by atoms with E-state index >= 15 is 0 Å². The number of hydrogen-bond donors (Lipinski definition) is 1. The van der Waals surface area contributed by atoms with Crippen molar-refractivity contribution in [3.63, 3.8) is 0 Å². The number of rotatable bonds is 5. The zero-order valence-corrected chi connectivity index (χ0v) is 14.9. The molecule has 3 aromatic carbocycles. The Morgan fingerprint density at radius 1 is 0.840 bits per heavy atom. The van der Waals surface area contributed by atoms with Gasteiger partial charge in [0, 0.05) is 18.3 Å². The van der Waals surface area contributed by atoms with Gasteiger partial charge in [-0.3, -0.25) is 0 Å². The smallest absolute Gasteiger partial charge is 0.118 e. The first-order valence-corrected chi connectivity index (χ1v) is 8.45. The predicted molar refractivity (Wildman–Crippen MR) is 108 cm³/mol. The summed E-state index contributed by atoms with van der Waals surface area (Å²) in [7, 11) is 3.67. The average molecular weight is 329 g/mol. The first-order valence-electron chi connectivity index (χ1n) is 8.45. The number of ether oxygens (including phenoxy) is 1. The number of benzene rings is 3. The molecule has 2 nitrogen and oxygen atoms in total. The Bertz CT molecular complexity index is 865. The Morgan fingerprint density at radius 3 is 2.16 bits per heavy atom. The lowest BCUT2D eigenvalue weighted by Gasteiger charge is -2.18. The maximum absolute atomic E-state index is 5.31. The minimum atomic E-state index is 0.862. The highest BCUT2D eigenvalue weighted by atomic mass is 16.5. The van der Waals surface area contributed by atoms with Crippen molar-refractivity contribution in [1.82, 2.24) is 0 Å². The van der Waals surface area contributed by atoms with Gasteiger partial charge in [0.15, 0.2) is 0 Å². The zero-order chi connectivity index (χ0) is 17.6. The van der Waals surface area contributed by atoms with Gasteiger partial charge in [-0.25, -0.2) is 0 Å². The van der Waals surface area contributed by atoms with Gasteiger partial charge in [-0.2, -0.15) is 0 Å². The molecule has 0 aliphatic rings. The summed E-state index contributed by atoms with van der Waals surface area (Å²) in [6.07, 6.45) is 4.20. The Hall–Kier alpha value is -3.00. The monoisotopic (exact) mass is 329 g/mol. The van der Waals surface area contributed by atoms with Crippen LogP contribution in [0, 0.1) is 0 Å². The minimum absolute atomic E-state index is 0.862. The summed E-state index contributed by atoms with van der Waals surface area (Å²) in [6.45, 7) is 2.04. The van der Waals surface area contributed by atoms with Crippen LogP contribution in [0.5, 0.6) is 5.75 Å². The van der Waals surface area contributed by atoms with Crippen LogP contribution >= 0.6 is 0 Å². The van der Waals surface area contributed by atoms with Crippen LogP contribution in [0.1, 0.15) is 12.5 Å². The van der Waals surface area contributed by atoms with E-state index in [0.717, 1.165) is 17.0 Å². The number of nitrogens with one attached hydrogen (secondary N) is 1. The van der Waals surface area contributed by atoms with E-state index in [4.69, 9.17) is 4.74 Å². The van der Waals surface area contributed by atoms with Gasteiger partial charge in [-0.1, -0.05) is 66.7 Å². The minimum Gasteiger partial charge on any atom is -0.497 e. The lowest BCUT2D eigenvalue weighted by molar-refractivity contribution is 0.415. The molecule has 126 valence electrons. The Kier molecular flexibility index (Phi) is 5.20.